The van der Waals surface area contributed by atoms with Crippen molar-refractivity contribution >= 4 is 12.0 Å². The van der Waals surface area contributed by atoms with Crippen molar-refractivity contribution in [3.63, 3.8) is 0 Å². The molecule has 36 heavy (non-hydrogen) atoms. The largest absolute Gasteiger partial charge is 0.444 e. The van der Waals surface area contributed by atoms with Crippen LogP contribution < -0.4 is 16.2 Å². The van der Waals surface area contributed by atoms with Crippen LogP contribution in [0.4, 0.5) is 15.1 Å². The predicted molar refractivity (Wildman–Crippen MR) is 137 cm³/mol. The summed E-state index contributed by atoms with van der Waals surface area (Å²) in [7, 11) is 0. The molecule has 1 fully saturated rings. The van der Waals surface area contributed by atoms with E-state index in [2.05, 4.69) is 20.6 Å². The van der Waals surface area contributed by atoms with E-state index in [9.17, 15) is 14.0 Å². The topological polar surface area (TPSA) is 98.1 Å². The van der Waals surface area contributed by atoms with Crippen LogP contribution in [0.2, 0.25) is 0 Å². The monoisotopic (exact) mass is 493 g/mol. The number of aryl methyl sites for hydroxylation is 1. The number of nitrogens with zero attached hydrogens (tertiary/aromatic N) is 3. The molecule has 190 valence electrons. The van der Waals surface area contributed by atoms with Crippen LogP contribution in [0.15, 0.2) is 53.6 Å². The molecule has 2 heterocycles. The van der Waals surface area contributed by atoms with Gasteiger partial charge >= 0.3 is 6.09 Å². The van der Waals surface area contributed by atoms with Crippen LogP contribution in [-0.2, 0) is 4.74 Å². The van der Waals surface area contributed by atoms with Crippen LogP contribution in [0.3, 0.4) is 0 Å². The van der Waals surface area contributed by atoms with Gasteiger partial charge in [-0.3, -0.25) is 9.36 Å². The Labute approximate surface area is 209 Å². The van der Waals surface area contributed by atoms with Crippen molar-refractivity contribution in [2.24, 2.45) is 0 Å². The molecular weight excluding hydrogens is 461 g/mol. The van der Waals surface area contributed by atoms with Gasteiger partial charge in [-0.15, -0.1) is 0 Å². The van der Waals surface area contributed by atoms with E-state index in [4.69, 9.17) is 4.74 Å². The molecule has 3 aromatic rings. The van der Waals surface area contributed by atoms with E-state index in [-0.39, 0.29) is 23.3 Å². The fourth-order valence-electron chi connectivity index (χ4n) is 4.28. The zero-order chi connectivity index (χ0) is 25.9. The van der Waals surface area contributed by atoms with Crippen molar-refractivity contribution in [1.82, 2.24) is 19.9 Å². The van der Waals surface area contributed by atoms with Gasteiger partial charge in [0.1, 0.15) is 11.3 Å². The van der Waals surface area contributed by atoms with Crippen LogP contribution in [-0.4, -0.2) is 38.3 Å². The number of halogens is 1. The Morgan fingerprint density at radius 2 is 1.83 bits per heavy atom. The van der Waals surface area contributed by atoms with Crippen molar-refractivity contribution in [1.29, 1.82) is 0 Å². The molecule has 2 aromatic heterocycles. The third-order valence-electron chi connectivity index (χ3n) is 5.98. The van der Waals surface area contributed by atoms with Gasteiger partial charge in [-0.2, -0.15) is 0 Å². The first-order chi connectivity index (χ1) is 17.1. The molecule has 0 atom stereocenters. The van der Waals surface area contributed by atoms with Gasteiger partial charge in [0.2, 0.25) is 5.95 Å². The highest BCUT2D eigenvalue weighted by Crippen LogP contribution is 2.26. The van der Waals surface area contributed by atoms with Gasteiger partial charge in [-0.1, -0.05) is 18.2 Å². The number of ether oxygens (including phenoxy) is 1. The smallest absolute Gasteiger partial charge is 0.407 e. The minimum atomic E-state index is -0.542. The third kappa shape index (κ3) is 6.47. The number of carbonyl (C=O) groups is 1. The summed E-state index contributed by atoms with van der Waals surface area (Å²) in [5.41, 5.74) is 1.58. The maximum Gasteiger partial charge on any atom is 0.407 e. The Morgan fingerprint density at radius 3 is 2.56 bits per heavy atom. The van der Waals surface area contributed by atoms with Crippen molar-refractivity contribution in [2.75, 3.05) is 5.32 Å². The van der Waals surface area contributed by atoms with Crippen LogP contribution in [0.5, 0.6) is 0 Å². The molecule has 9 heteroatoms. The Morgan fingerprint density at radius 1 is 1.11 bits per heavy atom. The van der Waals surface area contributed by atoms with Crippen molar-refractivity contribution in [3.05, 3.63) is 70.5 Å². The van der Waals surface area contributed by atoms with Gasteiger partial charge in [0, 0.05) is 35.6 Å². The molecule has 1 aliphatic carbocycles. The van der Waals surface area contributed by atoms with Gasteiger partial charge in [0.25, 0.3) is 5.56 Å². The first kappa shape index (κ1) is 25.3. The van der Waals surface area contributed by atoms with Crippen LogP contribution in [0.25, 0.3) is 16.9 Å². The fraction of sp³-hybridized carbons (Fsp3) is 0.407. The highest BCUT2D eigenvalue weighted by molar-refractivity contribution is 5.68. The number of anilines is 1. The zero-order valence-corrected chi connectivity index (χ0v) is 21.0. The lowest BCUT2D eigenvalue weighted by Crippen LogP contribution is -2.42. The molecular formula is C27H32FN5O3. The maximum absolute atomic E-state index is 14.7. The summed E-state index contributed by atoms with van der Waals surface area (Å²) in [6.45, 7) is 7.41. The predicted octanol–water partition coefficient (Wildman–Crippen LogP) is 4.99. The number of carbonyl (C=O) groups excluding carboxylic acids is 1. The number of aromatic nitrogens is 3. The highest BCUT2D eigenvalue weighted by Gasteiger charge is 2.25. The molecule has 0 aliphatic heterocycles. The first-order valence-electron chi connectivity index (χ1n) is 12.2. The van der Waals surface area contributed by atoms with Crippen LogP contribution in [0, 0.1) is 12.7 Å². The second-order valence-electron chi connectivity index (χ2n) is 10.2. The molecule has 0 bridgehead atoms. The van der Waals surface area contributed by atoms with Gasteiger partial charge in [-0.05, 0) is 71.1 Å². The van der Waals surface area contributed by atoms with Crippen molar-refractivity contribution < 1.29 is 13.9 Å². The number of rotatable bonds is 5. The summed E-state index contributed by atoms with van der Waals surface area (Å²) >= 11 is 0. The maximum atomic E-state index is 14.7. The number of nitrogens with one attached hydrogen (secondary N) is 2. The summed E-state index contributed by atoms with van der Waals surface area (Å²) in [6.07, 6.45) is 5.70. The molecule has 1 saturated carbocycles. The molecule has 0 saturated heterocycles. The van der Waals surface area contributed by atoms with Gasteiger partial charge in [0.15, 0.2) is 5.82 Å². The summed E-state index contributed by atoms with van der Waals surface area (Å²) < 4.78 is 21.6. The summed E-state index contributed by atoms with van der Waals surface area (Å²) in [5, 5.41) is 6.24. The van der Waals surface area contributed by atoms with E-state index >= 15 is 0 Å². The Kier molecular flexibility index (Phi) is 7.37. The average Bonchev–Trinajstić information content (AvgIpc) is 2.82. The highest BCUT2D eigenvalue weighted by atomic mass is 19.1. The summed E-state index contributed by atoms with van der Waals surface area (Å²) in [5.74, 6) is -0.201. The molecule has 2 N–H and O–H groups in total. The molecule has 0 spiro atoms. The SMILES string of the molecule is Cc1ccc(=O)n(-c2cccc(-c3nc(NC4CCC(NC(=O)OC(C)(C)C)CC4)ncc3F)c2)c1. The quantitative estimate of drug-likeness (QED) is 0.520. The fourth-order valence-corrected chi connectivity index (χ4v) is 4.28. The zero-order valence-electron chi connectivity index (χ0n) is 21.0. The molecule has 1 aromatic carbocycles. The summed E-state index contributed by atoms with van der Waals surface area (Å²) in [4.78, 5) is 32.9. The minimum Gasteiger partial charge on any atom is -0.444 e. The molecule has 4 rings (SSSR count). The third-order valence-corrected chi connectivity index (χ3v) is 5.98. The van der Waals surface area contributed by atoms with E-state index < -0.39 is 17.5 Å². The van der Waals surface area contributed by atoms with Gasteiger partial charge in [0.05, 0.1) is 6.20 Å². The number of hydrogen-bond donors (Lipinski definition) is 2. The van der Waals surface area contributed by atoms with E-state index in [1.165, 1.54) is 10.6 Å². The number of hydrogen-bond acceptors (Lipinski definition) is 6. The van der Waals surface area contributed by atoms with E-state index in [1.807, 2.05) is 27.7 Å². The second kappa shape index (κ2) is 10.5. The summed E-state index contributed by atoms with van der Waals surface area (Å²) in [6, 6.07) is 10.5. The number of pyridine rings is 1. The normalized spacial score (nSPS) is 17.9. The number of amides is 1. The number of benzene rings is 1. The molecule has 1 amide bonds. The van der Waals surface area contributed by atoms with Crippen LogP contribution in [0.1, 0.15) is 52.0 Å². The lowest BCUT2D eigenvalue weighted by Gasteiger charge is -2.30. The molecule has 0 unspecified atom stereocenters. The first-order valence-corrected chi connectivity index (χ1v) is 12.2. The minimum absolute atomic E-state index is 0.0513. The number of alkyl carbamates (subject to hydrolysis) is 1. The second-order valence-corrected chi connectivity index (χ2v) is 10.2. The lowest BCUT2D eigenvalue weighted by atomic mass is 9.91. The Bertz CT molecular complexity index is 1290. The van der Waals surface area contributed by atoms with Crippen molar-refractivity contribution in [2.45, 2.75) is 71.1 Å². The molecule has 0 radical (unpaired) electrons. The average molecular weight is 494 g/mol. The Hall–Kier alpha value is -3.75. The standard InChI is InChI=1S/C27H32FN5O3/c1-17-8-13-23(34)33(16-17)21-7-5-6-18(14-21)24-22(28)15-29-25(32-24)30-19-9-11-20(12-10-19)31-26(35)36-27(2,3)4/h5-8,13-16,19-20H,9-12H2,1-4H3,(H,31,35)(H,29,30,32). The molecule has 8 nitrogen and oxygen atoms in total. The van der Waals surface area contributed by atoms with Crippen LogP contribution >= 0.6 is 0 Å². The Balaban J connectivity index is 1.44. The van der Waals surface area contributed by atoms with Crippen molar-refractivity contribution in [3.8, 4) is 16.9 Å². The molecule has 1 aliphatic rings. The van der Waals surface area contributed by atoms with Gasteiger partial charge in [-0.25, -0.2) is 19.2 Å². The van der Waals surface area contributed by atoms with E-state index in [1.54, 1.807) is 36.5 Å². The van der Waals surface area contributed by atoms with E-state index in [0.717, 1.165) is 37.4 Å². The van der Waals surface area contributed by atoms with Gasteiger partial charge < -0.3 is 15.4 Å². The lowest BCUT2D eigenvalue weighted by molar-refractivity contribution is 0.0492. The van der Waals surface area contributed by atoms with E-state index in [0.29, 0.717) is 17.2 Å².